The molecule has 1 saturated heterocycles. The predicted octanol–water partition coefficient (Wildman–Crippen LogP) is 4.35. The lowest BCUT2D eigenvalue weighted by molar-refractivity contribution is 0.221. The number of H-pyrrole nitrogens is 1. The van der Waals surface area contributed by atoms with Gasteiger partial charge in [-0.25, -0.2) is 9.37 Å². The van der Waals surface area contributed by atoms with Crippen LogP contribution in [0, 0.1) is 5.82 Å². The molecule has 0 spiro atoms. The van der Waals surface area contributed by atoms with Crippen molar-refractivity contribution in [3.8, 4) is 11.4 Å². The van der Waals surface area contributed by atoms with Crippen LogP contribution < -0.4 is 0 Å². The van der Waals surface area contributed by atoms with Crippen molar-refractivity contribution in [1.29, 1.82) is 0 Å². The van der Waals surface area contributed by atoms with E-state index in [1.807, 2.05) is 30.3 Å². The van der Waals surface area contributed by atoms with Crippen LogP contribution in [0.5, 0.6) is 0 Å². The molecule has 4 heteroatoms. The zero-order chi connectivity index (χ0) is 15.6. The summed E-state index contributed by atoms with van der Waals surface area (Å²) in [4.78, 5) is 10.4. The Labute approximate surface area is 135 Å². The van der Waals surface area contributed by atoms with Gasteiger partial charge < -0.3 is 4.98 Å². The summed E-state index contributed by atoms with van der Waals surface area (Å²) in [6.07, 6.45) is 3.76. The molecule has 1 N–H and O–H groups in total. The fourth-order valence-corrected chi connectivity index (χ4v) is 3.36. The summed E-state index contributed by atoms with van der Waals surface area (Å²) < 4.78 is 13.8. The molecule has 0 aliphatic carbocycles. The van der Waals surface area contributed by atoms with E-state index in [1.54, 1.807) is 6.07 Å². The number of hydrogen-bond acceptors (Lipinski definition) is 2. The minimum Gasteiger partial charge on any atom is -0.338 e. The van der Waals surface area contributed by atoms with Gasteiger partial charge >= 0.3 is 0 Å². The molecule has 0 amide bonds. The molecule has 1 fully saturated rings. The number of fused-ring (bicyclic) bond motifs is 1. The van der Waals surface area contributed by atoms with Crippen LogP contribution in [-0.2, 0) is 6.54 Å². The second kappa shape index (κ2) is 6.13. The third kappa shape index (κ3) is 2.99. The molecular weight excluding hydrogens is 289 g/mol. The molecule has 0 atom stereocenters. The molecule has 1 aliphatic rings. The molecule has 1 aliphatic heterocycles. The van der Waals surface area contributed by atoms with Gasteiger partial charge in [0.25, 0.3) is 0 Å². The van der Waals surface area contributed by atoms with Crippen LogP contribution in [0.4, 0.5) is 4.39 Å². The smallest absolute Gasteiger partial charge is 0.138 e. The standard InChI is InChI=1S/C19H20FN3/c20-15-8-9-16(14(12-15)13-23-10-4-1-5-11-23)19-21-17-6-2-3-7-18(17)22-19/h2-3,6-9,12H,1,4-5,10-11,13H2,(H,21,22). The molecule has 0 unspecified atom stereocenters. The van der Waals surface area contributed by atoms with Crippen molar-refractivity contribution >= 4 is 11.0 Å². The molecule has 4 rings (SSSR count). The van der Waals surface area contributed by atoms with Gasteiger partial charge in [0, 0.05) is 12.1 Å². The van der Waals surface area contributed by atoms with Crippen molar-refractivity contribution in [1.82, 2.24) is 14.9 Å². The fraction of sp³-hybridized carbons (Fsp3) is 0.316. The van der Waals surface area contributed by atoms with E-state index in [1.165, 1.54) is 25.3 Å². The normalized spacial score (nSPS) is 16.0. The molecule has 1 aromatic heterocycles. The summed E-state index contributed by atoms with van der Waals surface area (Å²) in [7, 11) is 0. The Bertz CT molecular complexity index is 785. The maximum atomic E-state index is 13.8. The Morgan fingerprint density at radius 3 is 2.70 bits per heavy atom. The van der Waals surface area contributed by atoms with Gasteiger partial charge in [0.15, 0.2) is 0 Å². The summed E-state index contributed by atoms with van der Waals surface area (Å²) >= 11 is 0. The number of nitrogens with zero attached hydrogens (tertiary/aromatic N) is 2. The number of nitrogens with one attached hydrogen (secondary N) is 1. The fourth-order valence-electron chi connectivity index (χ4n) is 3.36. The van der Waals surface area contributed by atoms with Crippen LogP contribution in [0.1, 0.15) is 24.8 Å². The second-order valence-electron chi connectivity index (χ2n) is 6.24. The first kappa shape index (κ1) is 14.4. The van der Waals surface area contributed by atoms with Crippen LogP contribution in [0.2, 0.25) is 0 Å². The number of aromatic amines is 1. The molecule has 2 heterocycles. The highest BCUT2D eigenvalue weighted by Crippen LogP contribution is 2.26. The molecular formula is C19H20FN3. The number of piperidine rings is 1. The monoisotopic (exact) mass is 309 g/mol. The van der Waals surface area contributed by atoms with Gasteiger partial charge in [-0.3, -0.25) is 4.90 Å². The number of benzene rings is 2. The Morgan fingerprint density at radius 2 is 1.87 bits per heavy atom. The van der Waals surface area contributed by atoms with Crippen molar-refractivity contribution < 1.29 is 4.39 Å². The van der Waals surface area contributed by atoms with Crippen LogP contribution in [-0.4, -0.2) is 28.0 Å². The number of imidazole rings is 1. The van der Waals surface area contributed by atoms with E-state index in [0.717, 1.165) is 47.6 Å². The lowest BCUT2D eigenvalue weighted by atomic mass is 10.0. The molecule has 0 saturated carbocycles. The molecule has 3 aromatic rings. The van der Waals surface area contributed by atoms with Gasteiger partial charge in [0.1, 0.15) is 11.6 Å². The van der Waals surface area contributed by atoms with Crippen molar-refractivity contribution in [2.45, 2.75) is 25.8 Å². The zero-order valence-corrected chi connectivity index (χ0v) is 13.1. The topological polar surface area (TPSA) is 31.9 Å². The van der Waals surface area contributed by atoms with Crippen LogP contribution in [0.15, 0.2) is 42.5 Å². The van der Waals surface area contributed by atoms with E-state index < -0.39 is 0 Å². The lowest BCUT2D eigenvalue weighted by Gasteiger charge is -2.27. The predicted molar refractivity (Wildman–Crippen MR) is 90.6 cm³/mol. The Hall–Kier alpha value is -2.20. The van der Waals surface area contributed by atoms with E-state index >= 15 is 0 Å². The van der Waals surface area contributed by atoms with Crippen LogP contribution >= 0.6 is 0 Å². The minimum atomic E-state index is -0.183. The molecule has 0 radical (unpaired) electrons. The van der Waals surface area contributed by atoms with Gasteiger partial charge in [-0.15, -0.1) is 0 Å². The van der Waals surface area contributed by atoms with Crippen molar-refractivity contribution in [2.24, 2.45) is 0 Å². The van der Waals surface area contributed by atoms with Crippen molar-refractivity contribution in [3.63, 3.8) is 0 Å². The van der Waals surface area contributed by atoms with Crippen LogP contribution in [0.3, 0.4) is 0 Å². The Kier molecular flexibility index (Phi) is 3.83. The van der Waals surface area contributed by atoms with E-state index in [2.05, 4.69) is 14.9 Å². The molecule has 118 valence electrons. The number of aromatic nitrogens is 2. The highest BCUT2D eigenvalue weighted by Gasteiger charge is 2.16. The van der Waals surface area contributed by atoms with Gasteiger partial charge in [0.2, 0.25) is 0 Å². The van der Waals surface area contributed by atoms with E-state index in [9.17, 15) is 4.39 Å². The van der Waals surface area contributed by atoms with Gasteiger partial charge in [-0.2, -0.15) is 0 Å². The van der Waals surface area contributed by atoms with Gasteiger partial charge in [-0.1, -0.05) is 18.6 Å². The first-order valence-corrected chi connectivity index (χ1v) is 8.25. The summed E-state index contributed by atoms with van der Waals surface area (Å²) in [5.74, 6) is 0.634. The van der Waals surface area contributed by atoms with E-state index in [0.29, 0.717) is 0 Å². The third-order valence-corrected chi connectivity index (χ3v) is 4.55. The Morgan fingerprint density at radius 1 is 1.04 bits per heavy atom. The van der Waals surface area contributed by atoms with Crippen molar-refractivity contribution in [3.05, 3.63) is 53.8 Å². The summed E-state index contributed by atoms with van der Waals surface area (Å²) in [6, 6.07) is 13.0. The largest absolute Gasteiger partial charge is 0.338 e. The van der Waals surface area contributed by atoms with Crippen LogP contribution in [0.25, 0.3) is 22.4 Å². The van der Waals surface area contributed by atoms with Gasteiger partial charge in [0.05, 0.1) is 11.0 Å². The molecule has 0 bridgehead atoms. The quantitative estimate of drug-likeness (QED) is 0.780. The summed E-state index contributed by atoms with van der Waals surface area (Å²) in [5, 5.41) is 0. The molecule has 3 nitrogen and oxygen atoms in total. The van der Waals surface area contributed by atoms with Crippen molar-refractivity contribution in [2.75, 3.05) is 13.1 Å². The molecule has 2 aromatic carbocycles. The molecule has 23 heavy (non-hydrogen) atoms. The van der Waals surface area contributed by atoms with E-state index in [4.69, 9.17) is 0 Å². The van der Waals surface area contributed by atoms with Gasteiger partial charge in [-0.05, 0) is 61.8 Å². The summed E-state index contributed by atoms with van der Waals surface area (Å²) in [5.41, 5.74) is 3.95. The average molecular weight is 309 g/mol. The first-order chi connectivity index (χ1) is 11.3. The second-order valence-corrected chi connectivity index (χ2v) is 6.24. The SMILES string of the molecule is Fc1ccc(-c2nc3ccccc3[nH]2)c(CN2CCCCC2)c1. The zero-order valence-electron chi connectivity index (χ0n) is 13.1. The number of halogens is 1. The third-order valence-electron chi connectivity index (χ3n) is 4.55. The maximum absolute atomic E-state index is 13.8. The number of hydrogen-bond donors (Lipinski definition) is 1. The first-order valence-electron chi connectivity index (χ1n) is 8.25. The highest BCUT2D eigenvalue weighted by molar-refractivity contribution is 5.79. The highest BCUT2D eigenvalue weighted by atomic mass is 19.1. The number of para-hydroxylation sites is 2. The average Bonchev–Trinajstić information content (AvgIpc) is 2.99. The minimum absolute atomic E-state index is 0.183. The summed E-state index contributed by atoms with van der Waals surface area (Å²) in [6.45, 7) is 2.97. The Balaban J connectivity index is 1.72. The van der Waals surface area contributed by atoms with E-state index in [-0.39, 0.29) is 5.82 Å². The lowest BCUT2D eigenvalue weighted by Crippen LogP contribution is -2.29. The maximum Gasteiger partial charge on any atom is 0.138 e. The number of rotatable bonds is 3. The number of likely N-dealkylation sites (tertiary alicyclic amines) is 1.